The second-order valence-corrected chi connectivity index (χ2v) is 4.12. The smallest absolute Gasteiger partial charge is 0.158 e. The van der Waals surface area contributed by atoms with Crippen LogP contribution in [0.2, 0.25) is 0 Å². The van der Waals surface area contributed by atoms with Gasteiger partial charge in [0, 0.05) is 19.6 Å². The monoisotopic (exact) mass is 214 g/mol. The molecular weight excluding hydrogens is 192 g/mol. The fourth-order valence-electron chi connectivity index (χ4n) is 1.80. The first-order valence-corrected chi connectivity index (χ1v) is 6.04. The van der Waals surface area contributed by atoms with Crippen LogP contribution < -0.4 is 0 Å². The summed E-state index contributed by atoms with van der Waals surface area (Å²) in [6.45, 7) is 3.93. The summed E-state index contributed by atoms with van der Waals surface area (Å²) in [5, 5.41) is 0. The molecule has 15 heavy (non-hydrogen) atoms. The van der Waals surface area contributed by atoms with Gasteiger partial charge >= 0.3 is 0 Å². The molecule has 88 valence electrons. The fraction of sp³-hybridized carbons (Fsp3) is 0.917. The van der Waals surface area contributed by atoms with Crippen molar-refractivity contribution < 1.29 is 14.3 Å². The molecule has 1 aliphatic heterocycles. The third-order valence-electron chi connectivity index (χ3n) is 2.62. The van der Waals surface area contributed by atoms with Gasteiger partial charge in [0.15, 0.2) is 5.78 Å². The lowest BCUT2D eigenvalue weighted by molar-refractivity contribution is -0.123. The maximum atomic E-state index is 11.3. The predicted octanol–water partition coefficient (Wildman–Crippen LogP) is 2.33. The molecular formula is C12H22O3. The molecule has 0 radical (unpaired) electrons. The average molecular weight is 214 g/mol. The molecule has 3 heteroatoms. The van der Waals surface area contributed by atoms with E-state index in [1.54, 1.807) is 0 Å². The van der Waals surface area contributed by atoms with Gasteiger partial charge in [-0.25, -0.2) is 0 Å². The maximum Gasteiger partial charge on any atom is 0.158 e. The SMILES string of the molecule is CCCOCC(=O)CCCC1CCCO1. The molecule has 0 bridgehead atoms. The number of ether oxygens (including phenoxy) is 2. The Balaban J connectivity index is 1.91. The molecule has 1 unspecified atom stereocenters. The van der Waals surface area contributed by atoms with Crippen LogP contribution in [0.25, 0.3) is 0 Å². The Bertz CT molecular complexity index is 174. The summed E-state index contributed by atoms with van der Waals surface area (Å²) < 4.78 is 10.7. The van der Waals surface area contributed by atoms with E-state index in [4.69, 9.17) is 9.47 Å². The Labute approximate surface area is 92.1 Å². The van der Waals surface area contributed by atoms with Gasteiger partial charge in [-0.05, 0) is 32.1 Å². The molecule has 1 atom stereocenters. The highest BCUT2D eigenvalue weighted by molar-refractivity contribution is 5.79. The van der Waals surface area contributed by atoms with Crippen LogP contribution in [0.4, 0.5) is 0 Å². The first kappa shape index (κ1) is 12.7. The van der Waals surface area contributed by atoms with Crippen LogP contribution in [0.5, 0.6) is 0 Å². The molecule has 1 fully saturated rings. The number of ketones is 1. The van der Waals surface area contributed by atoms with E-state index >= 15 is 0 Å². The van der Waals surface area contributed by atoms with Crippen molar-refractivity contribution in [2.45, 2.75) is 51.6 Å². The Morgan fingerprint density at radius 1 is 1.53 bits per heavy atom. The van der Waals surface area contributed by atoms with E-state index in [1.807, 2.05) is 6.92 Å². The van der Waals surface area contributed by atoms with Crippen LogP contribution in [0, 0.1) is 0 Å². The van der Waals surface area contributed by atoms with E-state index in [2.05, 4.69) is 0 Å². The minimum atomic E-state index is 0.224. The first-order chi connectivity index (χ1) is 7.33. The zero-order valence-electron chi connectivity index (χ0n) is 9.67. The Morgan fingerprint density at radius 3 is 3.07 bits per heavy atom. The molecule has 0 aromatic carbocycles. The number of Topliss-reactive ketones (excluding diaryl/α,β-unsaturated/α-hetero) is 1. The molecule has 1 heterocycles. The molecule has 0 spiro atoms. The standard InChI is InChI=1S/C12H22O3/c1-2-8-14-10-11(13)5-3-6-12-7-4-9-15-12/h12H,2-10H2,1H3. The molecule has 1 saturated heterocycles. The van der Waals surface area contributed by atoms with Gasteiger partial charge < -0.3 is 9.47 Å². The third-order valence-corrected chi connectivity index (χ3v) is 2.62. The normalized spacial score (nSPS) is 20.7. The summed E-state index contributed by atoms with van der Waals surface area (Å²) in [5.74, 6) is 0.224. The zero-order chi connectivity index (χ0) is 10.9. The molecule has 1 rings (SSSR count). The topological polar surface area (TPSA) is 35.5 Å². The summed E-state index contributed by atoms with van der Waals surface area (Å²) in [5.41, 5.74) is 0. The van der Waals surface area contributed by atoms with Crippen LogP contribution in [0.3, 0.4) is 0 Å². The minimum absolute atomic E-state index is 0.224. The highest BCUT2D eigenvalue weighted by Crippen LogP contribution is 2.17. The lowest BCUT2D eigenvalue weighted by atomic mass is 10.1. The number of carbonyl (C=O) groups is 1. The van der Waals surface area contributed by atoms with Gasteiger partial charge in [0.2, 0.25) is 0 Å². The Kier molecular flexibility index (Phi) is 6.60. The van der Waals surface area contributed by atoms with Gasteiger partial charge in [0.1, 0.15) is 6.61 Å². The molecule has 0 saturated carbocycles. The second kappa shape index (κ2) is 7.83. The van der Waals surface area contributed by atoms with Crippen LogP contribution in [-0.2, 0) is 14.3 Å². The van der Waals surface area contributed by atoms with Gasteiger partial charge in [-0.3, -0.25) is 4.79 Å². The van der Waals surface area contributed by atoms with Gasteiger partial charge in [-0.1, -0.05) is 6.92 Å². The van der Waals surface area contributed by atoms with Crippen LogP contribution in [-0.4, -0.2) is 31.7 Å². The van der Waals surface area contributed by atoms with Gasteiger partial charge in [-0.15, -0.1) is 0 Å². The Morgan fingerprint density at radius 2 is 2.40 bits per heavy atom. The quantitative estimate of drug-likeness (QED) is 0.582. The number of rotatable bonds is 8. The Hall–Kier alpha value is -0.410. The van der Waals surface area contributed by atoms with E-state index in [1.165, 1.54) is 12.8 Å². The van der Waals surface area contributed by atoms with Gasteiger partial charge in [0.25, 0.3) is 0 Å². The van der Waals surface area contributed by atoms with E-state index in [0.717, 1.165) is 25.9 Å². The van der Waals surface area contributed by atoms with E-state index in [0.29, 0.717) is 25.7 Å². The lowest BCUT2D eigenvalue weighted by Gasteiger charge is -2.08. The number of carbonyl (C=O) groups excluding carboxylic acids is 1. The van der Waals surface area contributed by atoms with Crippen molar-refractivity contribution in [1.29, 1.82) is 0 Å². The molecule has 3 nitrogen and oxygen atoms in total. The maximum absolute atomic E-state index is 11.3. The summed E-state index contributed by atoms with van der Waals surface area (Å²) in [6.07, 6.45) is 6.35. The molecule has 1 aliphatic rings. The third kappa shape index (κ3) is 5.90. The van der Waals surface area contributed by atoms with Gasteiger partial charge in [0.05, 0.1) is 6.10 Å². The molecule has 0 aromatic heterocycles. The van der Waals surface area contributed by atoms with Crippen molar-refractivity contribution in [2.24, 2.45) is 0 Å². The molecule has 0 amide bonds. The van der Waals surface area contributed by atoms with E-state index < -0.39 is 0 Å². The molecule has 0 aliphatic carbocycles. The average Bonchev–Trinajstić information content (AvgIpc) is 2.71. The summed E-state index contributed by atoms with van der Waals surface area (Å²) in [6, 6.07) is 0. The molecule has 0 N–H and O–H groups in total. The highest BCUT2D eigenvalue weighted by atomic mass is 16.5. The first-order valence-electron chi connectivity index (χ1n) is 6.04. The van der Waals surface area contributed by atoms with Crippen LogP contribution in [0.1, 0.15) is 45.4 Å². The highest BCUT2D eigenvalue weighted by Gasteiger charge is 2.15. The lowest BCUT2D eigenvalue weighted by Crippen LogP contribution is -2.11. The number of hydrogen-bond donors (Lipinski definition) is 0. The van der Waals surface area contributed by atoms with Crippen molar-refractivity contribution in [1.82, 2.24) is 0 Å². The van der Waals surface area contributed by atoms with Crippen molar-refractivity contribution >= 4 is 5.78 Å². The van der Waals surface area contributed by atoms with Gasteiger partial charge in [-0.2, -0.15) is 0 Å². The van der Waals surface area contributed by atoms with Crippen molar-refractivity contribution in [3.63, 3.8) is 0 Å². The number of hydrogen-bond acceptors (Lipinski definition) is 3. The molecule has 0 aromatic rings. The minimum Gasteiger partial charge on any atom is -0.378 e. The fourth-order valence-corrected chi connectivity index (χ4v) is 1.80. The summed E-state index contributed by atoms with van der Waals surface area (Å²) >= 11 is 0. The zero-order valence-corrected chi connectivity index (χ0v) is 9.67. The predicted molar refractivity (Wildman–Crippen MR) is 58.9 cm³/mol. The van der Waals surface area contributed by atoms with E-state index in [9.17, 15) is 4.79 Å². The summed E-state index contributed by atoms with van der Waals surface area (Å²) in [7, 11) is 0. The largest absolute Gasteiger partial charge is 0.378 e. The van der Waals surface area contributed by atoms with E-state index in [-0.39, 0.29) is 5.78 Å². The summed E-state index contributed by atoms with van der Waals surface area (Å²) in [4.78, 5) is 11.3. The van der Waals surface area contributed by atoms with Crippen LogP contribution >= 0.6 is 0 Å². The van der Waals surface area contributed by atoms with Crippen molar-refractivity contribution in [2.75, 3.05) is 19.8 Å². The van der Waals surface area contributed by atoms with Crippen LogP contribution in [0.15, 0.2) is 0 Å². The van der Waals surface area contributed by atoms with Crippen molar-refractivity contribution in [3.05, 3.63) is 0 Å². The van der Waals surface area contributed by atoms with Crippen molar-refractivity contribution in [3.8, 4) is 0 Å². The second-order valence-electron chi connectivity index (χ2n) is 4.12.